The summed E-state index contributed by atoms with van der Waals surface area (Å²) in [5.74, 6) is -1.93. The Balaban J connectivity index is 1.97. The molecule has 2 aromatic rings. The minimum atomic E-state index is -0.863. The van der Waals surface area contributed by atoms with Crippen LogP contribution in [0, 0.1) is 5.82 Å². The fourth-order valence-corrected chi connectivity index (χ4v) is 4.38. The number of methoxy groups -OCH3 is 1. The normalized spacial score (nSPS) is 18.5. The number of rotatable bonds is 2. The molecule has 4 rings (SSSR count). The Morgan fingerprint density at radius 3 is 2.33 bits per heavy atom. The Labute approximate surface area is 156 Å². The van der Waals surface area contributed by atoms with Gasteiger partial charge in [0.15, 0.2) is 0 Å². The first-order valence-corrected chi connectivity index (χ1v) is 9.04. The summed E-state index contributed by atoms with van der Waals surface area (Å²) in [5.41, 5.74) is 0.661. The molecule has 6 heteroatoms. The van der Waals surface area contributed by atoms with Crippen LogP contribution in [0.25, 0.3) is 11.3 Å². The highest BCUT2D eigenvalue weighted by Crippen LogP contribution is 2.48. The molecule has 0 saturated heterocycles. The van der Waals surface area contributed by atoms with Crippen molar-refractivity contribution in [2.24, 2.45) is 0 Å². The number of allylic oxidation sites excluding steroid dienone is 1. The molecule has 0 radical (unpaired) electrons. The van der Waals surface area contributed by atoms with E-state index in [2.05, 4.69) is 0 Å². The molecule has 1 aliphatic heterocycles. The molecule has 1 aromatic heterocycles. The highest BCUT2D eigenvalue weighted by atomic mass is 19.1. The molecule has 1 saturated carbocycles. The first-order valence-electron chi connectivity index (χ1n) is 9.04. The average molecular weight is 369 g/mol. The van der Waals surface area contributed by atoms with E-state index in [1.807, 2.05) is 4.57 Å². The van der Waals surface area contributed by atoms with Gasteiger partial charge < -0.3 is 14.4 Å². The van der Waals surface area contributed by atoms with Gasteiger partial charge in [-0.05, 0) is 54.8 Å². The molecule has 0 amide bonds. The van der Waals surface area contributed by atoms with Crippen molar-refractivity contribution in [3.63, 3.8) is 0 Å². The van der Waals surface area contributed by atoms with Crippen molar-refractivity contribution in [3.8, 4) is 11.3 Å². The number of carbonyl (C=O) groups is 2. The maximum atomic E-state index is 13.4. The van der Waals surface area contributed by atoms with Crippen molar-refractivity contribution in [1.29, 1.82) is 0 Å². The van der Waals surface area contributed by atoms with Gasteiger partial charge in [-0.3, -0.25) is 4.79 Å². The Hall–Kier alpha value is -2.89. The Kier molecular flexibility index (Phi) is 4.13. The molecule has 2 aliphatic rings. The Morgan fingerprint density at radius 2 is 1.70 bits per heavy atom. The van der Waals surface area contributed by atoms with Crippen molar-refractivity contribution in [2.45, 2.75) is 37.6 Å². The zero-order chi connectivity index (χ0) is 19.2. The van der Waals surface area contributed by atoms with Crippen LogP contribution in [0.3, 0.4) is 0 Å². The number of aromatic nitrogens is 1. The van der Waals surface area contributed by atoms with Crippen molar-refractivity contribution in [2.75, 3.05) is 7.11 Å². The van der Waals surface area contributed by atoms with Crippen molar-refractivity contribution < 1.29 is 23.8 Å². The van der Waals surface area contributed by atoms with E-state index in [4.69, 9.17) is 4.74 Å². The quantitative estimate of drug-likeness (QED) is 0.638. The predicted octanol–water partition coefficient (Wildman–Crippen LogP) is 4.14. The van der Waals surface area contributed by atoms with Gasteiger partial charge in [0.1, 0.15) is 22.7 Å². The van der Waals surface area contributed by atoms with Gasteiger partial charge >= 0.3 is 5.97 Å². The van der Waals surface area contributed by atoms with Crippen LogP contribution < -0.4 is 0 Å². The fraction of sp³-hybridized carbons (Fsp3) is 0.333. The third-order valence-corrected chi connectivity index (χ3v) is 5.66. The lowest BCUT2D eigenvalue weighted by Gasteiger charge is -2.43. The topological polar surface area (TPSA) is 68.5 Å². The number of ether oxygens (including phenoxy) is 1. The van der Waals surface area contributed by atoms with Gasteiger partial charge in [0.25, 0.3) is 0 Å². The second kappa shape index (κ2) is 6.37. The minimum Gasteiger partial charge on any atom is -0.509 e. The molecule has 140 valence electrons. The number of aliphatic hydroxyl groups is 1. The van der Waals surface area contributed by atoms with Gasteiger partial charge in [0.2, 0.25) is 5.78 Å². The molecule has 1 aromatic carbocycles. The summed E-state index contributed by atoms with van der Waals surface area (Å²) in [6, 6.07) is 9.47. The van der Waals surface area contributed by atoms with Crippen molar-refractivity contribution in [3.05, 3.63) is 59.2 Å². The molecule has 1 spiro atoms. The lowest BCUT2D eigenvalue weighted by atomic mass is 9.75. The van der Waals surface area contributed by atoms with Crippen molar-refractivity contribution in [1.82, 2.24) is 4.57 Å². The van der Waals surface area contributed by atoms with Crippen LogP contribution >= 0.6 is 0 Å². The molecule has 0 unspecified atom stereocenters. The van der Waals surface area contributed by atoms with Gasteiger partial charge in [-0.2, -0.15) is 0 Å². The maximum Gasteiger partial charge on any atom is 0.345 e. The van der Waals surface area contributed by atoms with Gasteiger partial charge in [-0.25, -0.2) is 9.18 Å². The van der Waals surface area contributed by atoms with Gasteiger partial charge in [-0.1, -0.05) is 19.3 Å². The second-order valence-electron chi connectivity index (χ2n) is 7.08. The summed E-state index contributed by atoms with van der Waals surface area (Å²) in [4.78, 5) is 25.2. The number of nitrogens with zero attached hydrogens (tertiary/aromatic N) is 1. The highest BCUT2D eigenvalue weighted by Gasteiger charge is 2.49. The monoisotopic (exact) mass is 369 g/mol. The number of benzene rings is 1. The molecule has 0 bridgehead atoms. The van der Waals surface area contributed by atoms with Gasteiger partial charge in [-0.15, -0.1) is 0 Å². The van der Waals surface area contributed by atoms with Gasteiger partial charge in [0.05, 0.1) is 12.8 Å². The number of esters is 1. The van der Waals surface area contributed by atoms with E-state index < -0.39 is 17.3 Å². The number of ketones is 1. The number of aliphatic hydroxyl groups excluding tert-OH is 1. The predicted molar refractivity (Wildman–Crippen MR) is 96.9 cm³/mol. The van der Waals surface area contributed by atoms with Crippen LogP contribution in [0.2, 0.25) is 0 Å². The lowest BCUT2D eigenvalue weighted by Crippen LogP contribution is -2.45. The maximum absolute atomic E-state index is 13.4. The first kappa shape index (κ1) is 17.5. The first-order chi connectivity index (χ1) is 13.0. The van der Waals surface area contributed by atoms with E-state index in [-0.39, 0.29) is 17.1 Å². The summed E-state index contributed by atoms with van der Waals surface area (Å²) in [6.45, 7) is 0. The number of hydrogen-bond acceptors (Lipinski definition) is 4. The van der Waals surface area contributed by atoms with Crippen LogP contribution in [-0.4, -0.2) is 28.5 Å². The fourth-order valence-electron chi connectivity index (χ4n) is 4.38. The van der Waals surface area contributed by atoms with E-state index >= 15 is 0 Å². The molecule has 2 heterocycles. The van der Waals surface area contributed by atoms with Crippen LogP contribution in [0.5, 0.6) is 0 Å². The Bertz CT molecular complexity index is 949. The molecular weight excluding hydrogens is 349 g/mol. The van der Waals surface area contributed by atoms with E-state index in [0.717, 1.165) is 30.5 Å². The van der Waals surface area contributed by atoms with Crippen LogP contribution in [-0.2, 0) is 15.1 Å². The summed E-state index contributed by atoms with van der Waals surface area (Å²) in [7, 11) is 1.20. The molecular formula is C21H20FNO4. The number of hydrogen-bond donors (Lipinski definition) is 1. The number of halogens is 1. The van der Waals surface area contributed by atoms with Crippen molar-refractivity contribution >= 4 is 11.8 Å². The summed E-state index contributed by atoms with van der Waals surface area (Å²) >= 11 is 0. The minimum absolute atomic E-state index is 0.217. The highest BCUT2D eigenvalue weighted by molar-refractivity contribution is 6.25. The SMILES string of the molecule is COC(=O)C1=C(O)C2(CCCCC2)n2c(ccc2-c2ccc(F)cc2)C1=O. The van der Waals surface area contributed by atoms with E-state index in [1.54, 1.807) is 24.3 Å². The zero-order valence-electron chi connectivity index (χ0n) is 15.0. The van der Waals surface area contributed by atoms with Crippen LogP contribution in [0.15, 0.2) is 47.7 Å². The summed E-state index contributed by atoms with van der Waals surface area (Å²) in [6.07, 6.45) is 3.99. The molecule has 0 atom stereocenters. The number of Topliss-reactive ketones (excluding diaryl/α,β-unsaturated/α-hetero) is 1. The zero-order valence-corrected chi connectivity index (χ0v) is 15.0. The van der Waals surface area contributed by atoms with Crippen LogP contribution in [0.1, 0.15) is 42.6 Å². The summed E-state index contributed by atoms with van der Waals surface area (Å²) < 4.78 is 20.0. The Morgan fingerprint density at radius 1 is 1.07 bits per heavy atom. The molecule has 1 fully saturated rings. The van der Waals surface area contributed by atoms with Crippen LogP contribution in [0.4, 0.5) is 4.39 Å². The third-order valence-electron chi connectivity index (χ3n) is 5.66. The number of carbonyl (C=O) groups excluding carboxylic acids is 2. The smallest absolute Gasteiger partial charge is 0.345 e. The third kappa shape index (κ3) is 2.51. The largest absolute Gasteiger partial charge is 0.509 e. The molecule has 1 aliphatic carbocycles. The standard InChI is InChI=1S/C21H20FNO4/c1-27-20(26)17-18(24)16-10-9-15(13-5-7-14(22)8-6-13)23(16)21(19(17)25)11-3-2-4-12-21/h5-10,25H,2-4,11-12H2,1H3. The lowest BCUT2D eigenvalue weighted by molar-refractivity contribution is -0.136. The second-order valence-corrected chi connectivity index (χ2v) is 7.08. The summed E-state index contributed by atoms with van der Waals surface area (Å²) in [5, 5.41) is 11.1. The van der Waals surface area contributed by atoms with E-state index in [1.165, 1.54) is 19.2 Å². The average Bonchev–Trinajstić information content (AvgIpc) is 3.14. The van der Waals surface area contributed by atoms with E-state index in [9.17, 15) is 19.1 Å². The van der Waals surface area contributed by atoms with E-state index in [0.29, 0.717) is 18.5 Å². The molecule has 5 nitrogen and oxygen atoms in total. The molecule has 27 heavy (non-hydrogen) atoms. The number of fused-ring (bicyclic) bond motifs is 2. The molecule has 1 N–H and O–H groups in total. The van der Waals surface area contributed by atoms with Gasteiger partial charge in [0, 0.05) is 5.69 Å².